The molecule has 0 spiro atoms. The van der Waals surface area contributed by atoms with Gasteiger partial charge in [-0.15, -0.1) is 11.8 Å². The molecule has 1 atom stereocenters. The summed E-state index contributed by atoms with van der Waals surface area (Å²) in [5.74, 6) is 1.42. The maximum atomic E-state index is 11.8. The van der Waals surface area contributed by atoms with E-state index in [4.69, 9.17) is 0 Å². The fourth-order valence-electron chi connectivity index (χ4n) is 1.98. The minimum Gasteiger partial charge on any atom is -0.325 e. The Kier molecular flexibility index (Phi) is 3.54. The largest absolute Gasteiger partial charge is 0.325 e. The van der Waals surface area contributed by atoms with Crippen LogP contribution in [-0.2, 0) is 11.3 Å². The van der Waals surface area contributed by atoms with E-state index >= 15 is 0 Å². The summed E-state index contributed by atoms with van der Waals surface area (Å²) in [5.41, 5.74) is 1.21. The second-order valence-corrected chi connectivity index (χ2v) is 5.56. The summed E-state index contributed by atoms with van der Waals surface area (Å²) in [5, 5.41) is 0.340. The molecule has 1 saturated heterocycles. The van der Waals surface area contributed by atoms with Gasteiger partial charge in [-0.05, 0) is 11.5 Å². The maximum absolute atomic E-state index is 11.8. The number of hydrogen-bond acceptors (Lipinski definition) is 2. The molecule has 2 rings (SSSR count). The maximum Gasteiger partial charge on any atom is 0.233 e. The molecule has 0 saturated carbocycles. The molecule has 1 aliphatic rings. The highest BCUT2D eigenvalue weighted by Crippen LogP contribution is 2.31. The van der Waals surface area contributed by atoms with Gasteiger partial charge >= 0.3 is 0 Å². The third-order valence-corrected chi connectivity index (χ3v) is 4.33. The minimum atomic E-state index is 0.271. The summed E-state index contributed by atoms with van der Waals surface area (Å²) in [4.78, 5) is 13.8. The van der Waals surface area contributed by atoms with Crippen molar-refractivity contribution in [3.05, 3.63) is 35.9 Å². The van der Waals surface area contributed by atoms with E-state index in [0.29, 0.717) is 17.0 Å². The Labute approximate surface area is 101 Å². The molecule has 1 aromatic rings. The van der Waals surface area contributed by atoms with E-state index in [9.17, 15) is 4.79 Å². The number of hydrogen-bond donors (Lipinski definition) is 0. The van der Waals surface area contributed by atoms with Crippen molar-refractivity contribution in [2.75, 3.05) is 5.75 Å². The van der Waals surface area contributed by atoms with E-state index < -0.39 is 0 Å². The van der Waals surface area contributed by atoms with Crippen molar-refractivity contribution in [3.8, 4) is 0 Å². The second-order valence-electron chi connectivity index (χ2n) is 4.45. The van der Waals surface area contributed by atoms with Crippen LogP contribution in [0, 0.1) is 5.92 Å². The number of rotatable bonds is 3. The topological polar surface area (TPSA) is 20.3 Å². The van der Waals surface area contributed by atoms with Crippen molar-refractivity contribution < 1.29 is 4.79 Å². The number of carbonyl (C=O) groups is 1. The van der Waals surface area contributed by atoms with Crippen LogP contribution < -0.4 is 0 Å². The predicted molar refractivity (Wildman–Crippen MR) is 68.1 cm³/mol. The second kappa shape index (κ2) is 4.91. The standard InChI is InChI=1S/C13H17NOS/c1-10(2)13-14(12(15)9-16-13)8-11-6-4-3-5-7-11/h3-7,10,13H,8-9H2,1-2H3. The van der Waals surface area contributed by atoms with Crippen molar-refractivity contribution in [2.45, 2.75) is 25.8 Å². The van der Waals surface area contributed by atoms with Gasteiger partial charge in [0, 0.05) is 6.54 Å². The first-order chi connectivity index (χ1) is 7.68. The molecule has 1 amide bonds. The van der Waals surface area contributed by atoms with Crippen LogP contribution >= 0.6 is 11.8 Å². The highest BCUT2D eigenvalue weighted by molar-refractivity contribution is 8.01. The highest BCUT2D eigenvalue weighted by Gasteiger charge is 2.33. The van der Waals surface area contributed by atoms with Gasteiger partial charge < -0.3 is 4.90 Å². The number of carbonyl (C=O) groups excluding carboxylic acids is 1. The number of benzene rings is 1. The third kappa shape index (κ3) is 2.40. The summed E-state index contributed by atoms with van der Waals surface area (Å²) >= 11 is 1.76. The Bertz CT molecular complexity index is 363. The number of nitrogens with zero attached hydrogens (tertiary/aromatic N) is 1. The average Bonchev–Trinajstić information content (AvgIpc) is 2.62. The third-order valence-electron chi connectivity index (χ3n) is 2.77. The van der Waals surface area contributed by atoms with Gasteiger partial charge in [0.25, 0.3) is 0 Å². The lowest BCUT2D eigenvalue weighted by Crippen LogP contribution is -2.35. The summed E-state index contributed by atoms with van der Waals surface area (Å²) in [6, 6.07) is 10.2. The molecule has 86 valence electrons. The molecule has 1 aliphatic heterocycles. The Hall–Kier alpha value is -0.960. The molecule has 1 heterocycles. The lowest BCUT2D eigenvalue weighted by molar-refractivity contribution is -0.129. The van der Waals surface area contributed by atoms with Crippen LogP contribution in [0.5, 0.6) is 0 Å². The van der Waals surface area contributed by atoms with Crippen molar-refractivity contribution in [1.82, 2.24) is 4.90 Å². The van der Waals surface area contributed by atoms with Crippen molar-refractivity contribution in [1.29, 1.82) is 0 Å². The average molecular weight is 235 g/mol. The lowest BCUT2D eigenvalue weighted by atomic mass is 10.1. The first kappa shape index (κ1) is 11.5. The molecule has 1 fully saturated rings. The summed E-state index contributed by atoms with van der Waals surface area (Å²) in [6.07, 6.45) is 0. The van der Waals surface area contributed by atoms with Crippen LogP contribution in [0.4, 0.5) is 0 Å². The van der Waals surface area contributed by atoms with Gasteiger partial charge in [0.15, 0.2) is 0 Å². The quantitative estimate of drug-likeness (QED) is 0.803. The summed E-state index contributed by atoms with van der Waals surface area (Å²) < 4.78 is 0. The molecule has 0 bridgehead atoms. The molecule has 0 radical (unpaired) electrons. The molecule has 1 aromatic carbocycles. The van der Waals surface area contributed by atoms with E-state index in [1.807, 2.05) is 23.1 Å². The molecule has 0 N–H and O–H groups in total. The van der Waals surface area contributed by atoms with Crippen LogP contribution in [0.1, 0.15) is 19.4 Å². The predicted octanol–water partition coefficient (Wildman–Crippen LogP) is 2.74. The molecule has 0 aliphatic carbocycles. The molecule has 16 heavy (non-hydrogen) atoms. The first-order valence-electron chi connectivity index (χ1n) is 5.63. The van der Waals surface area contributed by atoms with Gasteiger partial charge in [-0.25, -0.2) is 0 Å². The van der Waals surface area contributed by atoms with Crippen molar-refractivity contribution >= 4 is 17.7 Å². The summed E-state index contributed by atoms with van der Waals surface area (Å²) in [7, 11) is 0. The van der Waals surface area contributed by atoms with Crippen LogP contribution in [0.25, 0.3) is 0 Å². The van der Waals surface area contributed by atoms with Gasteiger partial charge in [0.1, 0.15) is 0 Å². The fraction of sp³-hybridized carbons (Fsp3) is 0.462. The first-order valence-corrected chi connectivity index (χ1v) is 6.68. The van der Waals surface area contributed by atoms with E-state index in [0.717, 1.165) is 6.54 Å². The van der Waals surface area contributed by atoms with Crippen molar-refractivity contribution in [2.24, 2.45) is 5.92 Å². The van der Waals surface area contributed by atoms with Gasteiger partial charge in [0.2, 0.25) is 5.91 Å². The molecule has 1 unspecified atom stereocenters. The van der Waals surface area contributed by atoms with Gasteiger partial charge in [-0.2, -0.15) is 0 Å². The van der Waals surface area contributed by atoms with E-state index in [1.165, 1.54) is 5.56 Å². The SMILES string of the molecule is CC(C)C1SCC(=O)N1Cc1ccccc1. The minimum absolute atomic E-state index is 0.271. The Morgan fingerprint density at radius 3 is 2.69 bits per heavy atom. The zero-order valence-corrected chi connectivity index (χ0v) is 10.5. The lowest BCUT2D eigenvalue weighted by Gasteiger charge is -2.26. The fourth-order valence-corrected chi connectivity index (χ4v) is 3.22. The summed E-state index contributed by atoms with van der Waals surface area (Å²) in [6.45, 7) is 5.10. The smallest absolute Gasteiger partial charge is 0.233 e. The van der Waals surface area contributed by atoms with E-state index in [1.54, 1.807) is 11.8 Å². The zero-order valence-electron chi connectivity index (χ0n) is 9.72. The number of thioether (sulfide) groups is 1. The van der Waals surface area contributed by atoms with Gasteiger partial charge in [0.05, 0.1) is 11.1 Å². The molecular formula is C13H17NOS. The Balaban J connectivity index is 2.10. The van der Waals surface area contributed by atoms with Crippen LogP contribution in [0.3, 0.4) is 0 Å². The molecule has 2 nitrogen and oxygen atoms in total. The molecule has 3 heteroatoms. The molecular weight excluding hydrogens is 218 g/mol. The normalized spacial score (nSPS) is 20.8. The van der Waals surface area contributed by atoms with Crippen molar-refractivity contribution in [3.63, 3.8) is 0 Å². The number of amides is 1. The molecule has 0 aromatic heterocycles. The Morgan fingerprint density at radius 2 is 2.06 bits per heavy atom. The zero-order chi connectivity index (χ0) is 11.5. The van der Waals surface area contributed by atoms with E-state index in [-0.39, 0.29) is 5.91 Å². The van der Waals surface area contributed by atoms with Crippen LogP contribution in [0.2, 0.25) is 0 Å². The van der Waals surface area contributed by atoms with Crippen LogP contribution in [0.15, 0.2) is 30.3 Å². The Morgan fingerprint density at radius 1 is 1.38 bits per heavy atom. The van der Waals surface area contributed by atoms with Crippen LogP contribution in [-0.4, -0.2) is 21.9 Å². The monoisotopic (exact) mass is 235 g/mol. The highest BCUT2D eigenvalue weighted by atomic mass is 32.2. The van der Waals surface area contributed by atoms with E-state index in [2.05, 4.69) is 26.0 Å². The van der Waals surface area contributed by atoms with Gasteiger partial charge in [-0.1, -0.05) is 44.2 Å². The van der Waals surface area contributed by atoms with Gasteiger partial charge in [-0.3, -0.25) is 4.79 Å².